The van der Waals surface area contributed by atoms with Gasteiger partial charge in [-0.05, 0) is 36.8 Å². The van der Waals surface area contributed by atoms with Gasteiger partial charge in [0.15, 0.2) is 6.20 Å². The van der Waals surface area contributed by atoms with E-state index in [0.717, 1.165) is 22.2 Å². The largest absolute Gasteiger partial charge is 0.456 e. The molecule has 116 valence electrons. The average molecular weight is 317 g/mol. The van der Waals surface area contributed by atoms with E-state index in [-0.39, 0.29) is 5.56 Å². The lowest BCUT2D eigenvalue weighted by Crippen LogP contribution is -2.30. The van der Waals surface area contributed by atoms with Gasteiger partial charge in [-0.15, -0.1) is 0 Å². The first-order chi connectivity index (χ1) is 11.6. The summed E-state index contributed by atoms with van der Waals surface area (Å²) >= 11 is 0. The lowest BCUT2D eigenvalue weighted by atomic mass is 9.99. The number of halogens is 1. The van der Waals surface area contributed by atoms with Crippen LogP contribution in [0, 0.1) is 24.1 Å². The van der Waals surface area contributed by atoms with E-state index >= 15 is 0 Å². The van der Waals surface area contributed by atoms with Crippen LogP contribution in [0.3, 0.4) is 0 Å². The molecule has 0 saturated carbocycles. The van der Waals surface area contributed by atoms with Crippen LogP contribution in [0.5, 0.6) is 0 Å². The summed E-state index contributed by atoms with van der Waals surface area (Å²) in [6.07, 6.45) is 1.99. The first kappa shape index (κ1) is 14.4. The van der Waals surface area contributed by atoms with Gasteiger partial charge in [-0.3, -0.25) is 0 Å². The van der Waals surface area contributed by atoms with Crippen molar-refractivity contribution in [2.75, 3.05) is 0 Å². The van der Waals surface area contributed by atoms with E-state index in [0.29, 0.717) is 16.6 Å². The number of rotatable bonds is 1. The molecule has 0 bridgehead atoms. The maximum Gasteiger partial charge on any atom is 0.212 e. The summed E-state index contributed by atoms with van der Waals surface area (Å²) in [5.74, 6) is -0.468. The minimum absolute atomic E-state index is 0.288. The topological polar surface area (TPSA) is 40.8 Å². The zero-order valence-corrected chi connectivity index (χ0v) is 13.3. The third-order valence-electron chi connectivity index (χ3n) is 4.33. The van der Waals surface area contributed by atoms with Crippen LogP contribution in [0.25, 0.3) is 33.2 Å². The number of pyridine rings is 1. The average Bonchev–Trinajstić information content (AvgIpc) is 2.90. The molecule has 2 heterocycles. The third-order valence-corrected chi connectivity index (χ3v) is 4.33. The van der Waals surface area contributed by atoms with Crippen molar-refractivity contribution in [2.45, 2.75) is 6.92 Å². The van der Waals surface area contributed by atoms with Gasteiger partial charge in [-0.1, -0.05) is 0 Å². The highest BCUT2D eigenvalue weighted by molar-refractivity contribution is 6.09. The van der Waals surface area contributed by atoms with Crippen LogP contribution in [0.2, 0.25) is 0 Å². The summed E-state index contributed by atoms with van der Waals surface area (Å²) in [6, 6.07) is 14.6. The number of benzene rings is 2. The highest BCUT2D eigenvalue weighted by Crippen LogP contribution is 2.35. The number of nitrogens with zero attached hydrogens (tertiary/aromatic N) is 2. The molecule has 0 atom stereocenters. The maximum atomic E-state index is 13.7. The number of fused-ring (bicyclic) bond motifs is 3. The lowest BCUT2D eigenvalue weighted by molar-refractivity contribution is -0.660. The van der Waals surface area contributed by atoms with Gasteiger partial charge in [0.05, 0.1) is 5.56 Å². The summed E-state index contributed by atoms with van der Waals surface area (Å²) in [7, 11) is 1.99. The molecule has 0 fully saturated rings. The Kier molecular flexibility index (Phi) is 3.10. The Bertz CT molecular complexity index is 1150. The number of aryl methyl sites for hydroxylation is 2. The standard InChI is InChI=1S/C20H14FN2O/c1-12-7-18-16(10-15(12)17-5-3-4-6-23(17)2)20-13(11-22)8-14(21)9-19(20)24-18/h3-10H,1-2H3/q+1. The van der Waals surface area contributed by atoms with Crippen LogP contribution in [-0.2, 0) is 7.05 Å². The van der Waals surface area contributed by atoms with Crippen molar-refractivity contribution in [3.63, 3.8) is 0 Å². The van der Waals surface area contributed by atoms with Crippen molar-refractivity contribution in [1.29, 1.82) is 5.26 Å². The number of hydrogen-bond acceptors (Lipinski definition) is 2. The monoisotopic (exact) mass is 317 g/mol. The molecule has 0 aliphatic heterocycles. The Morgan fingerprint density at radius 3 is 2.71 bits per heavy atom. The van der Waals surface area contributed by atoms with Crippen molar-refractivity contribution in [3.8, 4) is 17.3 Å². The summed E-state index contributed by atoms with van der Waals surface area (Å²) in [5, 5.41) is 10.8. The summed E-state index contributed by atoms with van der Waals surface area (Å²) in [6.45, 7) is 2.01. The van der Waals surface area contributed by atoms with E-state index in [2.05, 4.69) is 6.07 Å². The first-order valence-electron chi connectivity index (χ1n) is 7.60. The summed E-state index contributed by atoms with van der Waals surface area (Å²) in [4.78, 5) is 0. The van der Waals surface area contributed by atoms with Crippen molar-refractivity contribution < 1.29 is 13.4 Å². The molecule has 0 saturated heterocycles. The molecule has 2 aromatic carbocycles. The molecule has 0 aliphatic rings. The molecular formula is C20H14FN2O+. The fraction of sp³-hybridized carbons (Fsp3) is 0.100. The van der Waals surface area contributed by atoms with Gasteiger partial charge in [0, 0.05) is 34.5 Å². The van der Waals surface area contributed by atoms with Crippen molar-refractivity contribution in [1.82, 2.24) is 0 Å². The van der Waals surface area contributed by atoms with Gasteiger partial charge >= 0.3 is 0 Å². The molecule has 4 rings (SSSR count). The fourth-order valence-electron chi connectivity index (χ4n) is 3.19. The molecule has 0 unspecified atom stereocenters. The summed E-state index contributed by atoms with van der Waals surface area (Å²) in [5.41, 5.74) is 4.52. The van der Waals surface area contributed by atoms with E-state index in [1.54, 1.807) is 0 Å². The van der Waals surface area contributed by atoms with Crippen LogP contribution >= 0.6 is 0 Å². The molecule has 24 heavy (non-hydrogen) atoms. The molecule has 0 spiro atoms. The zero-order valence-electron chi connectivity index (χ0n) is 13.3. The first-order valence-corrected chi connectivity index (χ1v) is 7.60. The van der Waals surface area contributed by atoms with E-state index in [1.165, 1.54) is 12.1 Å². The van der Waals surface area contributed by atoms with E-state index in [4.69, 9.17) is 4.42 Å². The lowest BCUT2D eigenvalue weighted by Gasteiger charge is -2.04. The summed E-state index contributed by atoms with van der Waals surface area (Å²) < 4.78 is 21.5. The van der Waals surface area contributed by atoms with E-state index < -0.39 is 5.82 Å². The molecule has 4 aromatic rings. The molecular weight excluding hydrogens is 303 g/mol. The predicted molar refractivity (Wildman–Crippen MR) is 89.7 cm³/mol. The Labute approximate surface area is 138 Å². The zero-order chi connectivity index (χ0) is 16.8. The Morgan fingerprint density at radius 2 is 1.96 bits per heavy atom. The van der Waals surface area contributed by atoms with Crippen LogP contribution in [0.15, 0.2) is 53.1 Å². The van der Waals surface area contributed by atoms with Gasteiger partial charge in [0.25, 0.3) is 0 Å². The van der Waals surface area contributed by atoms with E-state index in [9.17, 15) is 9.65 Å². The van der Waals surface area contributed by atoms with Crippen molar-refractivity contribution in [3.05, 3.63) is 65.6 Å². The van der Waals surface area contributed by atoms with E-state index in [1.807, 2.05) is 55.1 Å². The molecule has 0 radical (unpaired) electrons. The number of furan rings is 1. The second-order valence-corrected chi connectivity index (χ2v) is 5.90. The van der Waals surface area contributed by atoms with Gasteiger partial charge in [0.1, 0.15) is 30.1 Å². The van der Waals surface area contributed by atoms with Gasteiger partial charge < -0.3 is 4.42 Å². The Morgan fingerprint density at radius 1 is 1.12 bits per heavy atom. The maximum absolute atomic E-state index is 13.7. The predicted octanol–water partition coefficient (Wildman–Crippen LogP) is 4.40. The smallest absolute Gasteiger partial charge is 0.212 e. The molecule has 0 N–H and O–H groups in total. The van der Waals surface area contributed by atoms with Gasteiger partial charge in [-0.2, -0.15) is 5.26 Å². The second-order valence-electron chi connectivity index (χ2n) is 5.90. The highest BCUT2D eigenvalue weighted by Gasteiger charge is 2.18. The number of nitriles is 1. The third kappa shape index (κ3) is 2.06. The Hall–Kier alpha value is -3.19. The Balaban J connectivity index is 2.12. The molecule has 0 aliphatic carbocycles. The number of aromatic nitrogens is 1. The number of hydrogen-bond donors (Lipinski definition) is 0. The fourth-order valence-corrected chi connectivity index (χ4v) is 3.19. The van der Waals surface area contributed by atoms with Gasteiger partial charge in [-0.25, -0.2) is 8.96 Å². The molecule has 3 nitrogen and oxygen atoms in total. The molecule has 0 amide bonds. The van der Waals surface area contributed by atoms with Crippen LogP contribution in [-0.4, -0.2) is 0 Å². The quantitative estimate of drug-likeness (QED) is 0.488. The molecule has 4 heteroatoms. The van der Waals surface area contributed by atoms with Crippen molar-refractivity contribution >= 4 is 21.9 Å². The van der Waals surface area contributed by atoms with Crippen molar-refractivity contribution in [2.24, 2.45) is 7.05 Å². The van der Waals surface area contributed by atoms with Gasteiger partial charge in [0.2, 0.25) is 5.69 Å². The van der Waals surface area contributed by atoms with Crippen LogP contribution in [0.1, 0.15) is 11.1 Å². The molecule has 2 aromatic heterocycles. The highest BCUT2D eigenvalue weighted by atomic mass is 19.1. The normalized spacial score (nSPS) is 11.1. The van der Waals surface area contributed by atoms with Crippen LogP contribution < -0.4 is 4.57 Å². The van der Waals surface area contributed by atoms with Crippen LogP contribution in [0.4, 0.5) is 4.39 Å². The minimum Gasteiger partial charge on any atom is -0.456 e. The second kappa shape index (κ2) is 5.17. The SMILES string of the molecule is Cc1cc2oc3cc(F)cc(C#N)c3c2cc1-c1cccc[n+]1C. The minimum atomic E-state index is -0.468.